The summed E-state index contributed by atoms with van der Waals surface area (Å²) in [6, 6.07) is 7.63. The van der Waals surface area contributed by atoms with Crippen molar-refractivity contribution in [3.05, 3.63) is 41.8 Å². The van der Waals surface area contributed by atoms with Gasteiger partial charge in [-0.3, -0.25) is 0 Å². The quantitative estimate of drug-likeness (QED) is 0.864. The Kier molecular flexibility index (Phi) is 3.04. The van der Waals surface area contributed by atoms with Crippen LogP contribution in [0.3, 0.4) is 0 Å². The Morgan fingerprint density at radius 1 is 1.18 bits per heavy atom. The molecule has 0 fully saturated rings. The Bertz CT molecular complexity index is 521. The van der Waals surface area contributed by atoms with E-state index in [1.54, 1.807) is 0 Å². The van der Waals surface area contributed by atoms with Gasteiger partial charge in [-0.05, 0) is 11.5 Å². The maximum atomic E-state index is 13.5. The predicted molar refractivity (Wildman–Crippen MR) is 65.9 cm³/mol. The van der Waals surface area contributed by atoms with E-state index in [-0.39, 0.29) is 11.6 Å². The molecule has 0 aliphatic carbocycles. The van der Waals surface area contributed by atoms with E-state index in [0.29, 0.717) is 11.5 Å². The predicted octanol–water partition coefficient (Wildman–Crippen LogP) is 2.99. The van der Waals surface area contributed by atoms with Gasteiger partial charge in [-0.15, -0.1) is 0 Å². The number of anilines is 1. The van der Waals surface area contributed by atoms with Crippen LogP contribution in [0.5, 0.6) is 0 Å². The summed E-state index contributed by atoms with van der Waals surface area (Å²) >= 11 is 0. The summed E-state index contributed by atoms with van der Waals surface area (Å²) in [5.74, 6) is 0.0650. The minimum absolute atomic E-state index is 0.0781. The number of benzene rings is 1. The van der Waals surface area contributed by atoms with E-state index in [4.69, 9.17) is 5.73 Å². The third-order valence-electron chi connectivity index (χ3n) is 2.61. The van der Waals surface area contributed by atoms with Gasteiger partial charge in [-0.2, -0.15) is 0 Å². The molecule has 0 amide bonds. The van der Waals surface area contributed by atoms with Crippen molar-refractivity contribution in [2.75, 3.05) is 5.73 Å². The molecule has 2 rings (SSSR count). The molecule has 0 unspecified atom stereocenters. The van der Waals surface area contributed by atoms with Crippen molar-refractivity contribution in [2.45, 2.75) is 19.8 Å². The van der Waals surface area contributed by atoms with E-state index in [9.17, 15) is 4.39 Å². The molecule has 2 aromatic rings. The van der Waals surface area contributed by atoms with Gasteiger partial charge in [-0.25, -0.2) is 14.4 Å². The summed E-state index contributed by atoms with van der Waals surface area (Å²) in [6.45, 7) is 4.22. The fourth-order valence-electron chi connectivity index (χ4n) is 1.61. The summed E-state index contributed by atoms with van der Waals surface area (Å²) in [4.78, 5) is 7.51. The lowest BCUT2D eigenvalue weighted by molar-refractivity contribution is 0.619. The molecule has 4 heteroatoms. The molecule has 0 spiro atoms. The Morgan fingerprint density at radius 3 is 2.41 bits per heavy atom. The van der Waals surface area contributed by atoms with Gasteiger partial charge in [0, 0.05) is 5.56 Å². The Labute approximate surface area is 99.5 Å². The molecule has 1 heterocycles. The van der Waals surface area contributed by atoms with E-state index in [2.05, 4.69) is 23.8 Å². The van der Waals surface area contributed by atoms with Crippen LogP contribution in [0.2, 0.25) is 0 Å². The first-order valence-corrected chi connectivity index (χ1v) is 5.46. The maximum absolute atomic E-state index is 13.5. The van der Waals surface area contributed by atoms with Gasteiger partial charge < -0.3 is 5.73 Å². The normalized spacial score (nSPS) is 10.8. The van der Waals surface area contributed by atoms with Crippen LogP contribution in [0.15, 0.2) is 30.5 Å². The molecule has 0 saturated carbocycles. The van der Waals surface area contributed by atoms with E-state index in [0.717, 1.165) is 6.20 Å². The lowest BCUT2D eigenvalue weighted by Crippen LogP contribution is -1.99. The molecular weight excluding hydrogens is 217 g/mol. The lowest BCUT2D eigenvalue weighted by Gasteiger charge is -2.07. The van der Waals surface area contributed by atoms with Crippen molar-refractivity contribution < 1.29 is 4.39 Å². The van der Waals surface area contributed by atoms with Crippen molar-refractivity contribution in [3.63, 3.8) is 0 Å². The molecule has 0 bridgehead atoms. The molecule has 0 aliphatic rings. The summed E-state index contributed by atoms with van der Waals surface area (Å²) in [6.07, 6.45) is 1.09. The lowest BCUT2D eigenvalue weighted by atomic mass is 10.0. The monoisotopic (exact) mass is 231 g/mol. The van der Waals surface area contributed by atoms with Gasteiger partial charge >= 0.3 is 0 Å². The van der Waals surface area contributed by atoms with Crippen molar-refractivity contribution in [2.24, 2.45) is 0 Å². The largest absolute Gasteiger partial charge is 0.368 e. The summed E-state index contributed by atoms with van der Waals surface area (Å²) < 4.78 is 13.5. The minimum Gasteiger partial charge on any atom is -0.368 e. The molecule has 1 aromatic carbocycles. The molecular formula is C13H14FN3. The number of aromatic nitrogens is 2. The second-order valence-electron chi connectivity index (χ2n) is 4.20. The zero-order valence-corrected chi connectivity index (χ0v) is 9.81. The zero-order chi connectivity index (χ0) is 12.4. The van der Waals surface area contributed by atoms with E-state index in [1.807, 2.05) is 24.3 Å². The molecule has 0 radical (unpaired) electrons. The minimum atomic E-state index is -0.462. The van der Waals surface area contributed by atoms with Gasteiger partial charge in [0.2, 0.25) is 5.95 Å². The molecule has 0 atom stereocenters. The summed E-state index contributed by atoms with van der Waals surface area (Å²) in [7, 11) is 0. The van der Waals surface area contributed by atoms with Crippen LogP contribution in [0, 0.1) is 5.82 Å². The van der Waals surface area contributed by atoms with Crippen LogP contribution >= 0.6 is 0 Å². The first-order chi connectivity index (χ1) is 8.08. The van der Waals surface area contributed by atoms with Gasteiger partial charge in [0.05, 0.1) is 6.20 Å². The van der Waals surface area contributed by atoms with Crippen LogP contribution in [-0.2, 0) is 0 Å². The van der Waals surface area contributed by atoms with E-state index < -0.39 is 5.82 Å². The van der Waals surface area contributed by atoms with Crippen LogP contribution < -0.4 is 5.73 Å². The molecule has 3 nitrogen and oxygen atoms in total. The third-order valence-corrected chi connectivity index (χ3v) is 2.61. The number of hydrogen-bond donors (Lipinski definition) is 1. The fraction of sp³-hybridized carbons (Fsp3) is 0.231. The molecule has 1 aromatic heterocycles. The van der Waals surface area contributed by atoms with Crippen LogP contribution in [0.4, 0.5) is 10.3 Å². The average Bonchev–Trinajstić information content (AvgIpc) is 2.32. The standard InChI is InChI=1S/C13H14FN3/c1-8(2)9-3-5-10(6-4-9)12-11(14)7-16-13(15)17-12/h3-8H,1-2H3,(H2,15,16,17). The van der Waals surface area contributed by atoms with Gasteiger partial charge in [0.15, 0.2) is 5.82 Å². The Morgan fingerprint density at radius 2 is 1.82 bits per heavy atom. The van der Waals surface area contributed by atoms with Gasteiger partial charge in [-0.1, -0.05) is 38.1 Å². The first kappa shape index (κ1) is 11.5. The zero-order valence-electron chi connectivity index (χ0n) is 9.81. The molecule has 0 saturated heterocycles. The SMILES string of the molecule is CC(C)c1ccc(-c2nc(N)ncc2F)cc1. The van der Waals surface area contributed by atoms with Gasteiger partial charge in [0.25, 0.3) is 0 Å². The number of nitrogens with zero attached hydrogens (tertiary/aromatic N) is 2. The Hall–Kier alpha value is -1.97. The molecule has 88 valence electrons. The second kappa shape index (κ2) is 4.49. The third kappa shape index (κ3) is 2.41. The smallest absolute Gasteiger partial charge is 0.220 e. The van der Waals surface area contributed by atoms with E-state index in [1.165, 1.54) is 5.56 Å². The topological polar surface area (TPSA) is 51.8 Å². The fourth-order valence-corrected chi connectivity index (χ4v) is 1.61. The number of nitrogens with two attached hydrogens (primary N) is 1. The second-order valence-corrected chi connectivity index (χ2v) is 4.20. The first-order valence-electron chi connectivity index (χ1n) is 5.46. The Balaban J connectivity index is 2.43. The van der Waals surface area contributed by atoms with Crippen molar-refractivity contribution in [1.82, 2.24) is 9.97 Å². The molecule has 17 heavy (non-hydrogen) atoms. The highest BCUT2D eigenvalue weighted by atomic mass is 19.1. The average molecular weight is 231 g/mol. The summed E-state index contributed by atoms with van der Waals surface area (Å²) in [5.41, 5.74) is 7.61. The van der Waals surface area contributed by atoms with Gasteiger partial charge in [0.1, 0.15) is 5.69 Å². The highest BCUT2D eigenvalue weighted by Gasteiger charge is 2.08. The molecule has 2 N–H and O–H groups in total. The highest BCUT2D eigenvalue weighted by molar-refractivity contribution is 5.60. The van der Waals surface area contributed by atoms with Crippen molar-refractivity contribution >= 4 is 5.95 Å². The van der Waals surface area contributed by atoms with Crippen LogP contribution in [0.25, 0.3) is 11.3 Å². The van der Waals surface area contributed by atoms with Crippen molar-refractivity contribution in [1.29, 1.82) is 0 Å². The molecule has 0 aliphatic heterocycles. The number of halogens is 1. The summed E-state index contributed by atoms with van der Waals surface area (Å²) in [5, 5.41) is 0. The van der Waals surface area contributed by atoms with Crippen LogP contribution in [-0.4, -0.2) is 9.97 Å². The maximum Gasteiger partial charge on any atom is 0.220 e. The number of hydrogen-bond acceptors (Lipinski definition) is 3. The van der Waals surface area contributed by atoms with Crippen LogP contribution in [0.1, 0.15) is 25.3 Å². The number of nitrogen functional groups attached to an aromatic ring is 1. The van der Waals surface area contributed by atoms with E-state index >= 15 is 0 Å². The number of rotatable bonds is 2. The van der Waals surface area contributed by atoms with Crippen molar-refractivity contribution in [3.8, 4) is 11.3 Å². The highest BCUT2D eigenvalue weighted by Crippen LogP contribution is 2.23.